The summed E-state index contributed by atoms with van der Waals surface area (Å²) in [5.41, 5.74) is 4.29. The highest BCUT2D eigenvalue weighted by Crippen LogP contribution is 2.31. The third-order valence-electron chi connectivity index (χ3n) is 5.40. The summed E-state index contributed by atoms with van der Waals surface area (Å²) in [4.78, 5) is 26.9. The van der Waals surface area contributed by atoms with Gasteiger partial charge in [-0.05, 0) is 47.9 Å². The molecule has 0 spiro atoms. The van der Waals surface area contributed by atoms with Crippen molar-refractivity contribution in [2.45, 2.75) is 13.0 Å². The lowest BCUT2D eigenvalue weighted by Crippen LogP contribution is -2.29. The van der Waals surface area contributed by atoms with E-state index in [1.54, 1.807) is 32.4 Å². The molecular weight excluding hydrogens is 406 g/mol. The lowest BCUT2D eigenvalue weighted by molar-refractivity contribution is 0.0989. The Kier molecular flexibility index (Phi) is 6.26. The van der Waals surface area contributed by atoms with Crippen molar-refractivity contribution in [3.05, 3.63) is 83.4 Å². The van der Waals surface area contributed by atoms with E-state index < -0.39 is 0 Å². The van der Waals surface area contributed by atoms with Crippen molar-refractivity contribution >= 4 is 23.3 Å². The first kappa shape index (κ1) is 21.2. The van der Waals surface area contributed by atoms with Crippen LogP contribution in [0.2, 0.25) is 0 Å². The predicted molar refractivity (Wildman–Crippen MR) is 124 cm³/mol. The third kappa shape index (κ3) is 4.51. The van der Waals surface area contributed by atoms with Crippen LogP contribution in [0.1, 0.15) is 21.5 Å². The molecule has 0 bridgehead atoms. The van der Waals surface area contributed by atoms with Crippen molar-refractivity contribution in [2.24, 2.45) is 0 Å². The van der Waals surface area contributed by atoms with Crippen molar-refractivity contribution in [2.75, 3.05) is 31.0 Å². The van der Waals surface area contributed by atoms with Crippen LogP contribution in [0.15, 0.2) is 66.7 Å². The van der Waals surface area contributed by atoms with Gasteiger partial charge in [0.2, 0.25) is 0 Å². The first-order chi connectivity index (χ1) is 15.6. The lowest BCUT2D eigenvalue weighted by Gasteiger charge is -2.17. The number of carbonyl (C=O) groups excluding carboxylic acids is 2. The average Bonchev–Trinajstić information content (AvgIpc) is 3.26. The number of hydrogen-bond donors (Lipinski definition) is 2. The molecule has 0 fully saturated rings. The van der Waals surface area contributed by atoms with E-state index in [1.165, 1.54) is 0 Å². The van der Waals surface area contributed by atoms with Crippen LogP contribution in [0.3, 0.4) is 0 Å². The molecule has 4 rings (SSSR count). The molecule has 3 amide bonds. The van der Waals surface area contributed by atoms with E-state index in [0.29, 0.717) is 35.8 Å². The number of urea groups is 1. The van der Waals surface area contributed by atoms with Gasteiger partial charge in [-0.25, -0.2) is 4.79 Å². The fourth-order valence-corrected chi connectivity index (χ4v) is 3.78. The van der Waals surface area contributed by atoms with Crippen LogP contribution in [0, 0.1) is 0 Å². The van der Waals surface area contributed by atoms with Crippen molar-refractivity contribution < 1.29 is 19.1 Å². The normalized spacial score (nSPS) is 12.1. The van der Waals surface area contributed by atoms with Gasteiger partial charge in [0.25, 0.3) is 5.91 Å². The van der Waals surface area contributed by atoms with Gasteiger partial charge in [-0.15, -0.1) is 0 Å². The largest absolute Gasteiger partial charge is 0.493 e. The van der Waals surface area contributed by atoms with Gasteiger partial charge in [-0.2, -0.15) is 0 Å². The zero-order valence-corrected chi connectivity index (χ0v) is 18.1. The molecule has 7 nitrogen and oxygen atoms in total. The summed E-state index contributed by atoms with van der Waals surface area (Å²) in [6.07, 6.45) is 0.791. The van der Waals surface area contributed by atoms with Gasteiger partial charge in [-0.3, -0.25) is 4.79 Å². The first-order valence-corrected chi connectivity index (χ1v) is 10.3. The molecule has 1 aliphatic heterocycles. The van der Waals surface area contributed by atoms with Gasteiger partial charge in [0.15, 0.2) is 11.5 Å². The van der Waals surface area contributed by atoms with E-state index in [4.69, 9.17) is 9.47 Å². The molecule has 32 heavy (non-hydrogen) atoms. The predicted octanol–water partition coefficient (Wildman–Crippen LogP) is 4.23. The molecule has 3 aromatic carbocycles. The number of benzene rings is 3. The van der Waals surface area contributed by atoms with Gasteiger partial charge in [-0.1, -0.05) is 30.3 Å². The molecule has 0 aromatic heterocycles. The SMILES string of the molecule is COc1ccc(NC(=O)NCc2ccc3c(c2)CCN3C(=O)c2ccccc2)cc1OC. The number of methoxy groups -OCH3 is 2. The van der Waals surface area contributed by atoms with Gasteiger partial charge < -0.3 is 25.0 Å². The topological polar surface area (TPSA) is 79.9 Å². The number of fused-ring (bicyclic) bond motifs is 1. The molecule has 0 radical (unpaired) electrons. The van der Waals surface area contributed by atoms with Crippen LogP contribution in [0.5, 0.6) is 11.5 Å². The minimum Gasteiger partial charge on any atom is -0.493 e. The van der Waals surface area contributed by atoms with Crippen molar-refractivity contribution in [1.82, 2.24) is 5.32 Å². The zero-order valence-electron chi connectivity index (χ0n) is 18.1. The van der Waals surface area contributed by atoms with Gasteiger partial charge in [0.05, 0.1) is 14.2 Å². The van der Waals surface area contributed by atoms with Crippen LogP contribution in [0.4, 0.5) is 16.2 Å². The number of carbonyl (C=O) groups is 2. The Bertz CT molecular complexity index is 1130. The molecule has 0 atom stereocenters. The molecule has 0 unspecified atom stereocenters. The fourth-order valence-electron chi connectivity index (χ4n) is 3.78. The number of nitrogens with zero attached hydrogens (tertiary/aromatic N) is 1. The maximum Gasteiger partial charge on any atom is 0.319 e. The number of amides is 3. The maximum absolute atomic E-state index is 12.8. The van der Waals surface area contributed by atoms with E-state index in [-0.39, 0.29) is 11.9 Å². The highest BCUT2D eigenvalue weighted by Gasteiger charge is 2.25. The van der Waals surface area contributed by atoms with E-state index in [0.717, 1.165) is 23.2 Å². The summed E-state index contributed by atoms with van der Waals surface area (Å²) in [6.45, 7) is 1.03. The Labute approximate surface area is 187 Å². The molecule has 1 heterocycles. The lowest BCUT2D eigenvalue weighted by atomic mass is 10.1. The van der Waals surface area contributed by atoms with Crippen LogP contribution >= 0.6 is 0 Å². The second-order valence-electron chi connectivity index (χ2n) is 7.41. The standard InChI is InChI=1S/C25H25N3O4/c1-31-22-11-9-20(15-23(22)32-2)27-25(30)26-16-17-8-10-21-19(14-17)12-13-28(21)24(29)18-6-4-3-5-7-18/h3-11,14-15H,12-13,16H2,1-2H3,(H2,26,27,30). The minimum atomic E-state index is -0.321. The Balaban J connectivity index is 1.37. The van der Waals surface area contributed by atoms with E-state index >= 15 is 0 Å². The first-order valence-electron chi connectivity index (χ1n) is 10.3. The molecule has 164 valence electrons. The molecular formula is C25H25N3O4. The second kappa shape index (κ2) is 9.43. The Morgan fingerprint density at radius 3 is 2.47 bits per heavy atom. The summed E-state index contributed by atoms with van der Waals surface area (Å²) < 4.78 is 10.5. The molecule has 0 saturated heterocycles. The summed E-state index contributed by atoms with van der Waals surface area (Å²) in [5, 5.41) is 5.65. The minimum absolute atomic E-state index is 0.00419. The monoisotopic (exact) mass is 431 g/mol. The number of rotatable bonds is 6. The molecule has 2 N–H and O–H groups in total. The van der Waals surface area contributed by atoms with E-state index in [2.05, 4.69) is 10.6 Å². The summed E-state index contributed by atoms with van der Waals surface area (Å²) in [5.74, 6) is 1.14. The van der Waals surface area contributed by atoms with Crippen LogP contribution in [0.25, 0.3) is 0 Å². The quantitative estimate of drug-likeness (QED) is 0.612. The highest BCUT2D eigenvalue weighted by atomic mass is 16.5. The third-order valence-corrected chi connectivity index (χ3v) is 5.40. The van der Waals surface area contributed by atoms with Crippen LogP contribution in [-0.2, 0) is 13.0 Å². The smallest absolute Gasteiger partial charge is 0.319 e. The van der Waals surface area contributed by atoms with Gasteiger partial charge in [0.1, 0.15) is 0 Å². The van der Waals surface area contributed by atoms with Crippen LogP contribution in [-0.4, -0.2) is 32.7 Å². The summed E-state index contributed by atoms with van der Waals surface area (Å²) in [6, 6.07) is 20.1. The van der Waals surface area contributed by atoms with Gasteiger partial charge in [0, 0.05) is 36.1 Å². The number of ether oxygens (including phenoxy) is 2. The van der Waals surface area contributed by atoms with Gasteiger partial charge >= 0.3 is 6.03 Å². The van der Waals surface area contributed by atoms with Crippen molar-refractivity contribution in [3.63, 3.8) is 0 Å². The number of nitrogens with one attached hydrogen (secondary N) is 2. The average molecular weight is 431 g/mol. The highest BCUT2D eigenvalue weighted by molar-refractivity contribution is 6.07. The van der Waals surface area contributed by atoms with E-state index in [1.807, 2.05) is 53.4 Å². The fraction of sp³-hybridized carbons (Fsp3) is 0.200. The molecule has 7 heteroatoms. The Hall–Kier alpha value is -4.00. The Morgan fingerprint density at radius 2 is 1.72 bits per heavy atom. The number of hydrogen-bond acceptors (Lipinski definition) is 4. The summed E-state index contributed by atoms with van der Waals surface area (Å²) in [7, 11) is 3.11. The second-order valence-corrected chi connectivity index (χ2v) is 7.41. The zero-order chi connectivity index (χ0) is 22.5. The van der Waals surface area contributed by atoms with E-state index in [9.17, 15) is 9.59 Å². The molecule has 0 saturated carbocycles. The molecule has 3 aromatic rings. The van der Waals surface area contributed by atoms with Crippen molar-refractivity contribution in [3.8, 4) is 11.5 Å². The summed E-state index contributed by atoms with van der Waals surface area (Å²) >= 11 is 0. The van der Waals surface area contributed by atoms with Crippen molar-refractivity contribution in [1.29, 1.82) is 0 Å². The molecule has 1 aliphatic rings. The Morgan fingerprint density at radius 1 is 0.938 bits per heavy atom. The maximum atomic E-state index is 12.8. The van der Waals surface area contributed by atoms with Crippen LogP contribution < -0.4 is 25.0 Å². The number of anilines is 2. The molecule has 0 aliphatic carbocycles.